The van der Waals surface area contributed by atoms with Crippen LogP contribution in [0.5, 0.6) is 0 Å². The van der Waals surface area contributed by atoms with E-state index in [4.69, 9.17) is 0 Å². The van der Waals surface area contributed by atoms with Gasteiger partial charge < -0.3 is 0 Å². The van der Waals surface area contributed by atoms with Gasteiger partial charge in [0.15, 0.2) is 0 Å². The zero-order chi connectivity index (χ0) is 9.31. The molecule has 1 heterocycles. The molecule has 0 saturated carbocycles. The van der Waals surface area contributed by atoms with Crippen LogP contribution < -0.4 is 4.48 Å². The van der Waals surface area contributed by atoms with Gasteiger partial charge in [-0.1, -0.05) is 18.2 Å². The first-order chi connectivity index (χ1) is 6.23. The Balaban J connectivity index is 2.34. The minimum absolute atomic E-state index is 0.780. The van der Waals surface area contributed by atoms with Crippen molar-refractivity contribution in [2.45, 2.75) is 25.8 Å². The molecule has 1 nitrogen and oxygen atoms in total. The second-order valence-electron chi connectivity index (χ2n) is 4.32. The van der Waals surface area contributed by atoms with Gasteiger partial charge in [-0.3, -0.25) is 4.48 Å². The summed E-state index contributed by atoms with van der Waals surface area (Å²) in [6, 6.07) is 11.7. The van der Waals surface area contributed by atoms with Gasteiger partial charge in [0.1, 0.15) is 5.69 Å². The molecule has 1 aliphatic rings. The van der Waals surface area contributed by atoms with Crippen LogP contribution in [0.1, 0.15) is 19.8 Å². The Morgan fingerprint density at radius 1 is 1.23 bits per heavy atom. The second kappa shape index (κ2) is 3.15. The Morgan fingerprint density at radius 3 is 2.46 bits per heavy atom. The summed E-state index contributed by atoms with van der Waals surface area (Å²) in [7, 11) is 2.35. The van der Waals surface area contributed by atoms with Crippen molar-refractivity contribution in [3.05, 3.63) is 30.3 Å². The summed E-state index contributed by atoms with van der Waals surface area (Å²) in [6.07, 6.45) is 2.73. The summed E-state index contributed by atoms with van der Waals surface area (Å²) in [5.41, 5.74) is 1.47. The van der Waals surface area contributed by atoms with Crippen molar-refractivity contribution in [1.82, 2.24) is 4.48 Å². The quantitative estimate of drug-likeness (QED) is 0.577. The molecule has 70 valence electrons. The number of para-hydroxylation sites is 1. The van der Waals surface area contributed by atoms with E-state index in [0.717, 1.165) is 10.5 Å². The fourth-order valence-corrected chi connectivity index (χ4v) is 2.37. The molecule has 13 heavy (non-hydrogen) atoms. The number of rotatable bonds is 1. The molecule has 1 aliphatic heterocycles. The zero-order valence-electron chi connectivity index (χ0n) is 8.53. The SMILES string of the molecule is CC1CCC[N+]1(C)c1ccccc1. The van der Waals surface area contributed by atoms with Crippen LogP contribution in [-0.2, 0) is 0 Å². The van der Waals surface area contributed by atoms with Gasteiger partial charge in [-0.2, -0.15) is 0 Å². The van der Waals surface area contributed by atoms with Crippen molar-refractivity contribution in [3.63, 3.8) is 0 Å². The molecular weight excluding hydrogens is 158 g/mol. The Bertz CT molecular complexity index is 280. The summed E-state index contributed by atoms with van der Waals surface area (Å²) in [6.45, 7) is 3.66. The van der Waals surface area contributed by atoms with E-state index in [1.807, 2.05) is 0 Å². The number of quaternary nitrogens is 1. The Morgan fingerprint density at radius 2 is 1.92 bits per heavy atom. The minimum atomic E-state index is 0.780. The third-order valence-corrected chi connectivity index (χ3v) is 3.56. The molecular formula is C12H18N+. The summed E-state index contributed by atoms with van der Waals surface area (Å²) < 4.78 is 1.13. The Kier molecular flexibility index (Phi) is 2.12. The predicted octanol–water partition coefficient (Wildman–Crippen LogP) is 2.81. The van der Waals surface area contributed by atoms with Crippen molar-refractivity contribution < 1.29 is 0 Å². The molecule has 0 spiro atoms. The highest BCUT2D eigenvalue weighted by Gasteiger charge is 2.36. The van der Waals surface area contributed by atoms with Crippen LogP contribution >= 0.6 is 0 Å². The number of likely N-dealkylation sites (tertiary alicyclic amines) is 1. The van der Waals surface area contributed by atoms with Crippen LogP contribution in [0.3, 0.4) is 0 Å². The highest BCUT2D eigenvalue weighted by atomic mass is 15.4. The lowest BCUT2D eigenvalue weighted by Gasteiger charge is -2.33. The molecule has 1 fully saturated rings. The van der Waals surface area contributed by atoms with E-state index in [9.17, 15) is 0 Å². The molecule has 1 heteroatoms. The van der Waals surface area contributed by atoms with Gasteiger partial charge in [-0.25, -0.2) is 0 Å². The summed E-state index contributed by atoms with van der Waals surface area (Å²) >= 11 is 0. The lowest BCUT2D eigenvalue weighted by molar-refractivity contribution is 0.325. The van der Waals surface area contributed by atoms with Crippen molar-refractivity contribution in [2.75, 3.05) is 13.6 Å². The van der Waals surface area contributed by atoms with Gasteiger partial charge in [0.25, 0.3) is 0 Å². The third-order valence-electron chi connectivity index (χ3n) is 3.56. The summed E-state index contributed by atoms with van der Waals surface area (Å²) in [5, 5.41) is 0. The lowest BCUT2D eigenvalue weighted by Crippen LogP contribution is -2.47. The highest BCUT2D eigenvalue weighted by molar-refractivity contribution is 5.43. The molecule has 0 bridgehead atoms. The molecule has 1 aromatic carbocycles. The van der Waals surface area contributed by atoms with Crippen LogP contribution in [0.2, 0.25) is 0 Å². The zero-order valence-corrected chi connectivity index (χ0v) is 8.53. The first-order valence-electron chi connectivity index (χ1n) is 5.14. The van der Waals surface area contributed by atoms with Gasteiger partial charge in [-0.15, -0.1) is 0 Å². The molecule has 0 amide bonds. The maximum absolute atomic E-state index is 2.36. The first kappa shape index (κ1) is 8.76. The standard InChI is InChI=1S/C12H18N/c1-11-7-6-10-13(11,2)12-8-4-3-5-9-12/h3-5,8-9,11H,6-7,10H2,1-2H3/q+1. The topological polar surface area (TPSA) is 0 Å². The molecule has 2 unspecified atom stereocenters. The van der Waals surface area contributed by atoms with Crippen molar-refractivity contribution in [2.24, 2.45) is 0 Å². The Hall–Kier alpha value is -0.820. The Labute approximate surface area is 80.6 Å². The van der Waals surface area contributed by atoms with Gasteiger partial charge in [0.05, 0.1) is 19.6 Å². The number of nitrogens with zero attached hydrogens (tertiary/aromatic N) is 1. The van der Waals surface area contributed by atoms with E-state index < -0.39 is 0 Å². The largest absolute Gasteiger partial charge is 0.291 e. The van der Waals surface area contributed by atoms with Crippen LogP contribution in [-0.4, -0.2) is 19.6 Å². The van der Waals surface area contributed by atoms with Gasteiger partial charge in [0.2, 0.25) is 0 Å². The van der Waals surface area contributed by atoms with E-state index in [-0.39, 0.29) is 0 Å². The lowest BCUT2D eigenvalue weighted by atomic mass is 10.2. The minimum Gasteiger partial charge on any atom is -0.291 e. The summed E-state index contributed by atoms with van der Waals surface area (Å²) in [5.74, 6) is 0. The molecule has 0 aromatic heterocycles. The molecule has 2 rings (SSSR count). The second-order valence-corrected chi connectivity index (χ2v) is 4.32. The average Bonchev–Trinajstić information content (AvgIpc) is 2.50. The molecule has 0 aliphatic carbocycles. The van der Waals surface area contributed by atoms with E-state index in [2.05, 4.69) is 44.3 Å². The average molecular weight is 176 g/mol. The van der Waals surface area contributed by atoms with Gasteiger partial charge in [0, 0.05) is 12.8 Å². The van der Waals surface area contributed by atoms with Crippen molar-refractivity contribution in [3.8, 4) is 0 Å². The number of hydrogen-bond acceptors (Lipinski definition) is 0. The van der Waals surface area contributed by atoms with Crippen LogP contribution in [0, 0.1) is 0 Å². The third kappa shape index (κ3) is 1.37. The maximum atomic E-state index is 2.36. The molecule has 1 saturated heterocycles. The molecule has 2 atom stereocenters. The monoisotopic (exact) mass is 176 g/mol. The number of hydrogen-bond donors (Lipinski definition) is 0. The van der Waals surface area contributed by atoms with E-state index in [1.165, 1.54) is 25.1 Å². The van der Waals surface area contributed by atoms with Crippen molar-refractivity contribution in [1.29, 1.82) is 0 Å². The van der Waals surface area contributed by atoms with Gasteiger partial charge in [-0.05, 0) is 19.1 Å². The van der Waals surface area contributed by atoms with Crippen molar-refractivity contribution >= 4 is 5.69 Å². The normalized spacial score (nSPS) is 33.5. The molecule has 1 aromatic rings. The van der Waals surface area contributed by atoms with Crippen LogP contribution in [0.25, 0.3) is 0 Å². The van der Waals surface area contributed by atoms with Crippen LogP contribution in [0.4, 0.5) is 5.69 Å². The summed E-state index contributed by atoms with van der Waals surface area (Å²) in [4.78, 5) is 0. The first-order valence-corrected chi connectivity index (χ1v) is 5.14. The predicted molar refractivity (Wildman–Crippen MR) is 57.7 cm³/mol. The number of benzene rings is 1. The van der Waals surface area contributed by atoms with Gasteiger partial charge >= 0.3 is 0 Å². The molecule has 0 radical (unpaired) electrons. The smallest absolute Gasteiger partial charge is 0.132 e. The highest BCUT2D eigenvalue weighted by Crippen LogP contribution is 2.31. The fraction of sp³-hybridized carbons (Fsp3) is 0.500. The van der Waals surface area contributed by atoms with E-state index in [0.29, 0.717) is 0 Å². The maximum Gasteiger partial charge on any atom is 0.132 e. The molecule has 0 N–H and O–H groups in total. The fourth-order valence-electron chi connectivity index (χ4n) is 2.37. The van der Waals surface area contributed by atoms with E-state index >= 15 is 0 Å². The van der Waals surface area contributed by atoms with Crippen LogP contribution in [0.15, 0.2) is 30.3 Å². The van der Waals surface area contributed by atoms with E-state index in [1.54, 1.807) is 0 Å².